The van der Waals surface area contributed by atoms with Crippen molar-refractivity contribution in [2.75, 3.05) is 5.73 Å². The minimum Gasteiger partial charge on any atom is -0.397 e. The molecule has 17 heavy (non-hydrogen) atoms. The predicted octanol–water partition coefficient (Wildman–Crippen LogP) is 1.98. The van der Waals surface area contributed by atoms with E-state index in [9.17, 15) is 4.79 Å². The number of anilines is 1. The van der Waals surface area contributed by atoms with E-state index in [2.05, 4.69) is 12.1 Å². The van der Waals surface area contributed by atoms with Gasteiger partial charge in [-0.25, -0.2) is 0 Å². The van der Waals surface area contributed by atoms with E-state index >= 15 is 0 Å². The summed E-state index contributed by atoms with van der Waals surface area (Å²) in [7, 11) is 0. The lowest BCUT2D eigenvalue weighted by Crippen LogP contribution is -2.21. The average Bonchev–Trinajstić information content (AvgIpc) is 2.33. The zero-order chi connectivity index (χ0) is 12.3. The van der Waals surface area contributed by atoms with Gasteiger partial charge in [-0.3, -0.25) is 4.79 Å². The zero-order valence-corrected chi connectivity index (χ0v) is 9.89. The summed E-state index contributed by atoms with van der Waals surface area (Å²) in [6.45, 7) is 2.51. The van der Waals surface area contributed by atoms with Crippen molar-refractivity contribution in [2.45, 2.75) is 19.9 Å². The van der Waals surface area contributed by atoms with Crippen molar-refractivity contribution in [3.05, 3.63) is 64.1 Å². The Hall–Kier alpha value is -2.03. The number of hydrogen-bond donors (Lipinski definition) is 1. The highest BCUT2D eigenvalue weighted by molar-refractivity contribution is 5.42. The van der Waals surface area contributed by atoms with Gasteiger partial charge < -0.3 is 10.3 Å². The van der Waals surface area contributed by atoms with Crippen LogP contribution >= 0.6 is 0 Å². The van der Waals surface area contributed by atoms with E-state index in [0.717, 1.165) is 12.0 Å². The number of hydrogen-bond acceptors (Lipinski definition) is 2. The maximum absolute atomic E-state index is 11.7. The SMILES string of the molecule is Cc1cc(=O)n(CCc2ccccc2)cc1N. The van der Waals surface area contributed by atoms with Crippen LogP contribution in [-0.2, 0) is 13.0 Å². The Morgan fingerprint density at radius 3 is 2.65 bits per heavy atom. The van der Waals surface area contributed by atoms with Gasteiger partial charge in [0, 0.05) is 18.8 Å². The minimum absolute atomic E-state index is 0.00707. The summed E-state index contributed by atoms with van der Waals surface area (Å²) in [6.07, 6.45) is 2.56. The van der Waals surface area contributed by atoms with Gasteiger partial charge in [0.15, 0.2) is 0 Å². The number of rotatable bonds is 3. The van der Waals surface area contributed by atoms with Gasteiger partial charge in [-0.15, -0.1) is 0 Å². The lowest BCUT2D eigenvalue weighted by Gasteiger charge is -2.08. The van der Waals surface area contributed by atoms with Crippen LogP contribution in [0.15, 0.2) is 47.4 Å². The number of aryl methyl sites for hydroxylation is 3. The number of aromatic nitrogens is 1. The molecule has 2 N–H and O–H groups in total. The van der Waals surface area contributed by atoms with Crippen LogP contribution in [0, 0.1) is 6.92 Å². The highest BCUT2D eigenvalue weighted by atomic mass is 16.1. The molecule has 1 aromatic carbocycles. The summed E-state index contributed by atoms with van der Waals surface area (Å²) in [4.78, 5) is 11.7. The van der Waals surface area contributed by atoms with E-state index in [1.807, 2.05) is 25.1 Å². The summed E-state index contributed by atoms with van der Waals surface area (Å²) in [5, 5.41) is 0. The zero-order valence-electron chi connectivity index (χ0n) is 9.89. The van der Waals surface area contributed by atoms with Crippen molar-refractivity contribution in [1.29, 1.82) is 0 Å². The first-order chi connectivity index (χ1) is 8.16. The Kier molecular flexibility index (Phi) is 3.28. The Bertz CT molecular complexity index is 558. The third-order valence-electron chi connectivity index (χ3n) is 2.86. The third kappa shape index (κ3) is 2.75. The first-order valence-electron chi connectivity index (χ1n) is 5.67. The first-order valence-corrected chi connectivity index (χ1v) is 5.67. The molecule has 0 radical (unpaired) electrons. The van der Waals surface area contributed by atoms with Gasteiger partial charge >= 0.3 is 0 Å². The quantitative estimate of drug-likeness (QED) is 0.873. The van der Waals surface area contributed by atoms with Crippen LogP contribution in [-0.4, -0.2) is 4.57 Å². The van der Waals surface area contributed by atoms with Crippen LogP contribution in [0.4, 0.5) is 5.69 Å². The largest absolute Gasteiger partial charge is 0.397 e. The normalized spacial score (nSPS) is 10.4. The number of nitrogen functional groups attached to an aromatic ring is 1. The predicted molar refractivity (Wildman–Crippen MR) is 70.0 cm³/mol. The molecule has 0 saturated carbocycles. The molecule has 1 aromatic heterocycles. The van der Waals surface area contributed by atoms with Gasteiger partial charge in [-0.05, 0) is 24.5 Å². The van der Waals surface area contributed by atoms with Gasteiger partial charge in [0.25, 0.3) is 5.56 Å². The van der Waals surface area contributed by atoms with Crippen molar-refractivity contribution in [3.63, 3.8) is 0 Å². The lowest BCUT2D eigenvalue weighted by molar-refractivity contribution is 0.670. The molecule has 0 spiro atoms. The molecule has 0 aliphatic rings. The Morgan fingerprint density at radius 2 is 1.94 bits per heavy atom. The molecule has 0 bridgehead atoms. The van der Waals surface area contributed by atoms with Gasteiger partial charge in [-0.2, -0.15) is 0 Å². The summed E-state index contributed by atoms with van der Waals surface area (Å²) >= 11 is 0. The van der Waals surface area contributed by atoms with E-state index in [0.29, 0.717) is 12.2 Å². The van der Waals surface area contributed by atoms with Crippen molar-refractivity contribution >= 4 is 5.69 Å². The summed E-state index contributed by atoms with van der Waals surface area (Å²) in [5.41, 5.74) is 8.53. The molecule has 0 atom stereocenters. The number of nitrogens with two attached hydrogens (primary N) is 1. The highest BCUT2D eigenvalue weighted by Gasteiger charge is 2.00. The molecular weight excluding hydrogens is 212 g/mol. The average molecular weight is 228 g/mol. The van der Waals surface area contributed by atoms with Crippen molar-refractivity contribution in [2.24, 2.45) is 0 Å². The van der Waals surface area contributed by atoms with Crippen molar-refractivity contribution in [3.8, 4) is 0 Å². The summed E-state index contributed by atoms with van der Waals surface area (Å²) in [5.74, 6) is 0. The van der Waals surface area contributed by atoms with Crippen molar-refractivity contribution < 1.29 is 0 Å². The highest BCUT2D eigenvalue weighted by Crippen LogP contribution is 2.06. The molecule has 0 amide bonds. The molecule has 0 aliphatic carbocycles. The van der Waals surface area contributed by atoms with Gasteiger partial charge in [0.1, 0.15) is 0 Å². The fourth-order valence-electron chi connectivity index (χ4n) is 1.75. The molecular formula is C14H16N2O. The number of pyridine rings is 1. The maximum Gasteiger partial charge on any atom is 0.250 e. The molecule has 0 fully saturated rings. The van der Waals surface area contributed by atoms with Crippen LogP contribution in [0.3, 0.4) is 0 Å². The maximum atomic E-state index is 11.7. The molecule has 0 unspecified atom stereocenters. The third-order valence-corrected chi connectivity index (χ3v) is 2.86. The second-order valence-electron chi connectivity index (χ2n) is 4.18. The Labute approximate surface area is 101 Å². The van der Waals surface area contributed by atoms with E-state index < -0.39 is 0 Å². The Morgan fingerprint density at radius 1 is 1.24 bits per heavy atom. The van der Waals surface area contributed by atoms with E-state index in [4.69, 9.17) is 5.73 Å². The van der Waals surface area contributed by atoms with Crippen LogP contribution in [0.1, 0.15) is 11.1 Å². The summed E-state index contributed by atoms with van der Waals surface area (Å²) in [6, 6.07) is 11.7. The van der Waals surface area contributed by atoms with E-state index in [1.54, 1.807) is 16.8 Å². The van der Waals surface area contributed by atoms with Crippen LogP contribution < -0.4 is 11.3 Å². The molecule has 1 heterocycles. The van der Waals surface area contributed by atoms with Crippen LogP contribution in [0.2, 0.25) is 0 Å². The monoisotopic (exact) mass is 228 g/mol. The fourth-order valence-corrected chi connectivity index (χ4v) is 1.75. The molecule has 0 aliphatic heterocycles. The Balaban J connectivity index is 2.15. The smallest absolute Gasteiger partial charge is 0.250 e. The van der Waals surface area contributed by atoms with Gasteiger partial charge in [0.2, 0.25) is 0 Å². The molecule has 3 heteroatoms. The van der Waals surface area contributed by atoms with Crippen LogP contribution in [0.5, 0.6) is 0 Å². The number of nitrogens with zero attached hydrogens (tertiary/aromatic N) is 1. The summed E-state index contributed by atoms with van der Waals surface area (Å²) < 4.78 is 1.66. The molecule has 88 valence electrons. The second-order valence-corrected chi connectivity index (χ2v) is 4.18. The van der Waals surface area contributed by atoms with Crippen LogP contribution in [0.25, 0.3) is 0 Å². The molecule has 2 aromatic rings. The fraction of sp³-hybridized carbons (Fsp3) is 0.214. The standard InChI is InChI=1S/C14H16N2O/c1-11-9-14(17)16(10-13(11)15)8-7-12-5-3-2-4-6-12/h2-6,9-10H,7-8,15H2,1H3. The van der Waals surface area contributed by atoms with E-state index in [1.165, 1.54) is 5.56 Å². The molecule has 0 saturated heterocycles. The molecule has 3 nitrogen and oxygen atoms in total. The van der Waals surface area contributed by atoms with Gasteiger partial charge in [-0.1, -0.05) is 30.3 Å². The van der Waals surface area contributed by atoms with Crippen molar-refractivity contribution in [1.82, 2.24) is 4.57 Å². The topological polar surface area (TPSA) is 48.0 Å². The number of benzene rings is 1. The van der Waals surface area contributed by atoms with E-state index in [-0.39, 0.29) is 5.56 Å². The first kappa shape index (κ1) is 11.5. The van der Waals surface area contributed by atoms with Gasteiger partial charge in [0.05, 0.1) is 5.69 Å². The molecule has 2 rings (SSSR count). The second kappa shape index (κ2) is 4.87. The minimum atomic E-state index is 0.00707. The lowest BCUT2D eigenvalue weighted by atomic mass is 10.1.